The molecule has 1 N–H and O–H groups in total. The van der Waals surface area contributed by atoms with Gasteiger partial charge in [0.15, 0.2) is 0 Å². The number of amides is 1. The van der Waals surface area contributed by atoms with E-state index in [9.17, 15) is 4.79 Å². The molecule has 0 bridgehead atoms. The molecule has 4 aliphatic rings. The fourth-order valence-electron chi connectivity index (χ4n) is 6.96. The lowest BCUT2D eigenvalue weighted by Gasteiger charge is -2.57. The van der Waals surface area contributed by atoms with Crippen LogP contribution in [0.4, 0.5) is 0 Å². The minimum absolute atomic E-state index is 0.127. The van der Waals surface area contributed by atoms with Gasteiger partial charge in [-0.1, -0.05) is 31.6 Å². The van der Waals surface area contributed by atoms with Gasteiger partial charge in [0.2, 0.25) is 5.91 Å². The number of ether oxygens (including phenoxy) is 1. The summed E-state index contributed by atoms with van der Waals surface area (Å²) in [5.74, 6) is 1.27. The molecule has 6 atom stereocenters. The maximum Gasteiger partial charge on any atom is 0.244 e. The Balaban J connectivity index is 1.63. The van der Waals surface area contributed by atoms with E-state index in [1.807, 2.05) is 6.08 Å². The topological polar surface area (TPSA) is 38.3 Å². The summed E-state index contributed by atoms with van der Waals surface area (Å²) >= 11 is 0. The monoisotopic (exact) mass is 371 g/mol. The lowest BCUT2D eigenvalue weighted by molar-refractivity contribution is -0.119. The first-order valence-corrected chi connectivity index (χ1v) is 11.0. The first-order chi connectivity index (χ1) is 12.7. The third-order valence-corrected chi connectivity index (χ3v) is 8.32. The lowest BCUT2D eigenvalue weighted by Crippen LogP contribution is -2.57. The molecule has 4 rings (SSSR count). The van der Waals surface area contributed by atoms with Gasteiger partial charge in [0.25, 0.3) is 0 Å². The van der Waals surface area contributed by atoms with Crippen LogP contribution in [-0.4, -0.2) is 24.2 Å². The number of fused-ring (bicyclic) bond motifs is 5. The van der Waals surface area contributed by atoms with E-state index in [4.69, 9.17) is 4.74 Å². The number of carbonyl (C=O) groups excluding carboxylic acids is 1. The van der Waals surface area contributed by atoms with Crippen molar-refractivity contribution < 1.29 is 9.53 Å². The zero-order valence-corrected chi connectivity index (χ0v) is 17.6. The molecule has 0 saturated heterocycles. The van der Waals surface area contributed by atoms with Crippen molar-refractivity contribution in [3.63, 3.8) is 0 Å². The molecule has 1 aliphatic heterocycles. The highest BCUT2D eigenvalue weighted by atomic mass is 16.5. The normalized spacial score (nSPS) is 44.6. The van der Waals surface area contributed by atoms with E-state index in [1.165, 1.54) is 30.4 Å². The van der Waals surface area contributed by atoms with E-state index >= 15 is 0 Å². The van der Waals surface area contributed by atoms with Gasteiger partial charge in [-0.2, -0.15) is 0 Å². The van der Waals surface area contributed by atoms with Gasteiger partial charge in [0, 0.05) is 12.1 Å². The largest absolute Gasteiger partial charge is 0.375 e. The van der Waals surface area contributed by atoms with Crippen LogP contribution in [0.15, 0.2) is 23.8 Å². The molecule has 0 spiro atoms. The second-order valence-electron chi connectivity index (χ2n) is 10.5. The molecule has 0 radical (unpaired) electrons. The van der Waals surface area contributed by atoms with Crippen molar-refractivity contribution in [3.8, 4) is 0 Å². The van der Waals surface area contributed by atoms with Gasteiger partial charge in [0.05, 0.1) is 12.2 Å². The van der Waals surface area contributed by atoms with Crippen LogP contribution in [0.5, 0.6) is 0 Å². The van der Waals surface area contributed by atoms with Gasteiger partial charge >= 0.3 is 0 Å². The van der Waals surface area contributed by atoms with E-state index in [-0.39, 0.29) is 23.5 Å². The third kappa shape index (κ3) is 3.30. The molecular weight excluding hydrogens is 334 g/mol. The SMILES string of the molecule is C=C1CC[C@H]2[C@@H]3NC(=O)C=C4C[C@@H](OC(C)C)CC[C@]4(C)[C@H]3CC[C@]2(C)C1. The Morgan fingerprint density at radius 2 is 1.96 bits per heavy atom. The second kappa shape index (κ2) is 6.76. The van der Waals surface area contributed by atoms with Crippen LogP contribution < -0.4 is 5.32 Å². The Bertz CT molecular complexity index is 665. The van der Waals surface area contributed by atoms with Gasteiger partial charge in [0.1, 0.15) is 0 Å². The summed E-state index contributed by atoms with van der Waals surface area (Å²) in [7, 11) is 0. The Morgan fingerprint density at radius 3 is 2.70 bits per heavy atom. The molecule has 3 saturated carbocycles. The summed E-state index contributed by atoms with van der Waals surface area (Å²) in [6.07, 6.45) is 11.6. The van der Waals surface area contributed by atoms with Crippen molar-refractivity contribution >= 4 is 5.91 Å². The minimum Gasteiger partial charge on any atom is -0.375 e. The van der Waals surface area contributed by atoms with Gasteiger partial charge in [-0.25, -0.2) is 0 Å². The molecule has 0 aromatic rings. The Hall–Kier alpha value is -1.09. The van der Waals surface area contributed by atoms with Crippen LogP contribution in [0.3, 0.4) is 0 Å². The number of nitrogens with one attached hydrogen (secondary N) is 1. The van der Waals surface area contributed by atoms with E-state index in [1.54, 1.807) is 0 Å². The summed E-state index contributed by atoms with van der Waals surface area (Å²) in [6, 6.07) is 0.311. The summed E-state index contributed by atoms with van der Waals surface area (Å²) in [5.41, 5.74) is 3.19. The number of hydrogen-bond acceptors (Lipinski definition) is 2. The molecule has 0 aromatic heterocycles. The number of rotatable bonds is 2. The van der Waals surface area contributed by atoms with Crippen molar-refractivity contribution in [2.45, 2.75) is 97.3 Å². The smallest absolute Gasteiger partial charge is 0.244 e. The first kappa shape index (κ1) is 19.2. The lowest BCUT2D eigenvalue weighted by atomic mass is 9.49. The average molecular weight is 372 g/mol. The van der Waals surface area contributed by atoms with Crippen LogP contribution >= 0.6 is 0 Å². The highest BCUT2D eigenvalue weighted by Crippen LogP contribution is 2.60. The van der Waals surface area contributed by atoms with E-state index in [2.05, 4.69) is 39.6 Å². The fraction of sp³-hybridized carbons (Fsp3) is 0.792. The van der Waals surface area contributed by atoms with Crippen LogP contribution in [0.1, 0.15) is 79.1 Å². The number of hydrogen-bond donors (Lipinski definition) is 1. The van der Waals surface area contributed by atoms with E-state index in [0.29, 0.717) is 23.3 Å². The molecule has 27 heavy (non-hydrogen) atoms. The molecule has 0 unspecified atom stereocenters. The number of allylic oxidation sites excluding steroid dienone is 1. The average Bonchev–Trinajstić information content (AvgIpc) is 2.67. The van der Waals surface area contributed by atoms with Crippen molar-refractivity contribution in [3.05, 3.63) is 23.8 Å². The summed E-state index contributed by atoms with van der Waals surface area (Å²) < 4.78 is 6.13. The molecule has 0 aromatic carbocycles. The maximum atomic E-state index is 12.9. The molecule has 1 amide bonds. The molecular formula is C24H37NO2. The Labute approximate surface area is 165 Å². The van der Waals surface area contributed by atoms with Crippen LogP contribution in [0.25, 0.3) is 0 Å². The van der Waals surface area contributed by atoms with Gasteiger partial charge in [-0.05, 0) is 87.9 Å². The Kier molecular flexibility index (Phi) is 4.81. The van der Waals surface area contributed by atoms with Crippen molar-refractivity contribution in [2.75, 3.05) is 0 Å². The number of carbonyl (C=O) groups is 1. The summed E-state index contributed by atoms with van der Waals surface area (Å²) in [5, 5.41) is 3.47. The predicted molar refractivity (Wildman–Crippen MR) is 109 cm³/mol. The van der Waals surface area contributed by atoms with Crippen LogP contribution in [-0.2, 0) is 9.53 Å². The first-order valence-electron chi connectivity index (χ1n) is 11.0. The zero-order chi connectivity index (χ0) is 19.4. The van der Waals surface area contributed by atoms with Gasteiger partial charge < -0.3 is 10.1 Å². The zero-order valence-electron chi connectivity index (χ0n) is 17.6. The second-order valence-corrected chi connectivity index (χ2v) is 10.5. The Morgan fingerprint density at radius 1 is 1.19 bits per heavy atom. The van der Waals surface area contributed by atoms with Gasteiger partial charge in [-0.15, -0.1) is 0 Å². The highest BCUT2D eigenvalue weighted by Gasteiger charge is 2.55. The van der Waals surface area contributed by atoms with Crippen molar-refractivity contribution in [1.82, 2.24) is 5.32 Å². The fourth-order valence-corrected chi connectivity index (χ4v) is 6.96. The van der Waals surface area contributed by atoms with Crippen LogP contribution in [0.2, 0.25) is 0 Å². The quantitative estimate of drug-likeness (QED) is 0.680. The third-order valence-electron chi connectivity index (χ3n) is 8.32. The van der Waals surface area contributed by atoms with Gasteiger partial charge in [-0.3, -0.25) is 4.79 Å². The minimum atomic E-state index is 0.127. The summed E-state index contributed by atoms with van der Waals surface area (Å²) in [4.78, 5) is 12.9. The predicted octanol–water partition coefficient (Wildman–Crippen LogP) is 5.17. The molecule has 3 aliphatic carbocycles. The molecule has 3 nitrogen and oxygen atoms in total. The standard InChI is InChI=1S/C24H37NO2/c1-15(2)27-18-8-11-24(5)17(12-18)13-21(26)25-22-19-7-6-16(3)14-23(19,4)10-9-20(22)24/h13,15,18-20,22H,3,6-12,14H2,1-2,4-5H3,(H,25,26)/t18-,19-,20-,22-,23+,24-/m0/s1. The molecule has 150 valence electrons. The van der Waals surface area contributed by atoms with E-state index in [0.717, 1.165) is 32.1 Å². The summed E-state index contributed by atoms with van der Waals surface area (Å²) in [6.45, 7) is 13.4. The van der Waals surface area contributed by atoms with E-state index < -0.39 is 0 Å². The van der Waals surface area contributed by atoms with Crippen molar-refractivity contribution in [2.24, 2.45) is 22.7 Å². The molecule has 3 fully saturated rings. The maximum absolute atomic E-state index is 12.9. The molecule has 3 heteroatoms. The van der Waals surface area contributed by atoms with Crippen molar-refractivity contribution in [1.29, 1.82) is 0 Å². The molecule has 1 heterocycles. The highest BCUT2D eigenvalue weighted by molar-refractivity contribution is 5.89. The van der Waals surface area contributed by atoms with Crippen LogP contribution in [0, 0.1) is 22.7 Å².